The van der Waals surface area contributed by atoms with Gasteiger partial charge in [-0.25, -0.2) is 9.78 Å². The first kappa shape index (κ1) is 24.6. The van der Waals surface area contributed by atoms with Gasteiger partial charge in [-0.2, -0.15) is 5.10 Å². The van der Waals surface area contributed by atoms with Gasteiger partial charge in [0.25, 0.3) is 5.91 Å². The van der Waals surface area contributed by atoms with Crippen molar-refractivity contribution in [2.45, 2.75) is 13.8 Å². The van der Waals surface area contributed by atoms with Gasteiger partial charge in [-0.1, -0.05) is 18.2 Å². The van der Waals surface area contributed by atoms with E-state index in [9.17, 15) is 14.4 Å². The van der Waals surface area contributed by atoms with Crippen molar-refractivity contribution in [1.29, 1.82) is 0 Å². The van der Waals surface area contributed by atoms with Crippen molar-refractivity contribution in [1.82, 2.24) is 24.6 Å². The minimum atomic E-state index is -0.633. The van der Waals surface area contributed by atoms with Crippen LogP contribution in [0.2, 0.25) is 0 Å². The number of carbonyl (C=O) groups excluding carboxylic acids is 3. The molecule has 0 atom stereocenters. The fourth-order valence-electron chi connectivity index (χ4n) is 3.87. The zero-order chi connectivity index (χ0) is 24.9. The highest BCUT2D eigenvalue weighted by Gasteiger charge is 2.24. The van der Waals surface area contributed by atoms with Crippen molar-refractivity contribution in [3.8, 4) is 10.6 Å². The minimum absolute atomic E-state index is 0.0787. The largest absolute Gasteiger partial charge is 0.451 e. The second-order valence-corrected chi connectivity index (χ2v) is 9.35. The summed E-state index contributed by atoms with van der Waals surface area (Å²) in [6.07, 6.45) is 3.48. The number of aromatic nitrogens is 3. The molecule has 4 rings (SSSR count). The lowest BCUT2D eigenvalue weighted by Crippen LogP contribution is -2.51. The van der Waals surface area contributed by atoms with Gasteiger partial charge in [0.15, 0.2) is 12.3 Å². The third-order valence-electron chi connectivity index (χ3n) is 5.83. The van der Waals surface area contributed by atoms with E-state index in [1.807, 2.05) is 43.1 Å². The summed E-state index contributed by atoms with van der Waals surface area (Å²) in [5.74, 6) is -0.975. The Bertz CT molecular complexity index is 1210. The second kappa shape index (κ2) is 10.8. The molecular formula is C24H28N6O4S. The van der Waals surface area contributed by atoms with Crippen LogP contribution < -0.4 is 5.32 Å². The van der Waals surface area contributed by atoms with Gasteiger partial charge in [0.2, 0.25) is 5.91 Å². The number of esters is 1. The molecule has 3 heterocycles. The summed E-state index contributed by atoms with van der Waals surface area (Å²) >= 11 is 1.31. The Morgan fingerprint density at radius 2 is 1.83 bits per heavy atom. The van der Waals surface area contributed by atoms with Gasteiger partial charge in [0, 0.05) is 56.1 Å². The number of rotatable bonds is 7. The average molecular weight is 497 g/mol. The smallest absolute Gasteiger partial charge is 0.358 e. The number of piperazine rings is 1. The second-order valence-electron chi connectivity index (χ2n) is 8.49. The first-order valence-electron chi connectivity index (χ1n) is 11.3. The van der Waals surface area contributed by atoms with Crippen LogP contribution in [-0.2, 0) is 21.4 Å². The fraction of sp³-hybridized carbons (Fsp3) is 0.375. The van der Waals surface area contributed by atoms with Gasteiger partial charge in [0.05, 0.1) is 12.7 Å². The summed E-state index contributed by atoms with van der Waals surface area (Å²) in [6, 6.07) is 5.90. The summed E-state index contributed by atoms with van der Waals surface area (Å²) in [6.45, 7) is 5.92. The van der Waals surface area contributed by atoms with Gasteiger partial charge in [-0.05, 0) is 25.0 Å². The normalized spacial score (nSPS) is 14.1. The lowest BCUT2D eigenvalue weighted by molar-refractivity contribution is -0.136. The van der Waals surface area contributed by atoms with Crippen molar-refractivity contribution in [2.75, 3.05) is 44.6 Å². The van der Waals surface area contributed by atoms with E-state index in [2.05, 4.69) is 15.4 Å². The Kier molecular flexibility index (Phi) is 7.57. The van der Waals surface area contributed by atoms with Gasteiger partial charge in [0.1, 0.15) is 5.01 Å². The number of thiazole rings is 1. The van der Waals surface area contributed by atoms with E-state index in [1.165, 1.54) is 11.3 Å². The molecule has 0 aliphatic carbocycles. The van der Waals surface area contributed by atoms with Crippen LogP contribution in [0.25, 0.3) is 10.6 Å². The third-order valence-corrected chi connectivity index (χ3v) is 6.72. The molecule has 11 heteroatoms. The molecule has 3 aromatic rings. The molecule has 2 amide bonds. The fourth-order valence-corrected chi connectivity index (χ4v) is 4.64. The topological polar surface area (TPSA) is 110 Å². The molecule has 1 fully saturated rings. The van der Waals surface area contributed by atoms with Crippen LogP contribution in [0, 0.1) is 13.8 Å². The summed E-state index contributed by atoms with van der Waals surface area (Å²) in [4.78, 5) is 45.3. The first-order chi connectivity index (χ1) is 16.8. The van der Waals surface area contributed by atoms with E-state index in [4.69, 9.17) is 4.74 Å². The number of nitrogens with one attached hydrogen (secondary N) is 1. The molecule has 1 aromatic carbocycles. The number of ether oxygens (including phenoxy) is 1. The zero-order valence-corrected chi connectivity index (χ0v) is 20.8. The minimum Gasteiger partial charge on any atom is -0.451 e. The molecule has 0 saturated carbocycles. The lowest BCUT2D eigenvalue weighted by atomic mass is 10.1. The molecular weight excluding hydrogens is 468 g/mol. The number of para-hydroxylation sites is 1. The predicted octanol–water partition coefficient (Wildman–Crippen LogP) is 2.10. The van der Waals surface area contributed by atoms with Crippen LogP contribution in [0.3, 0.4) is 0 Å². The Balaban J connectivity index is 1.20. The Morgan fingerprint density at radius 1 is 1.11 bits per heavy atom. The third kappa shape index (κ3) is 6.11. The number of hydrogen-bond acceptors (Lipinski definition) is 8. The highest BCUT2D eigenvalue weighted by molar-refractivity contribution is 7.13. The van der Waals surface area contributed by atoms with Gasteiger partial charge >= 0.3 is 5.97 Å². The highest BCUT2D eigenvalue weighted by atomic mass is 32.1. The number of aryl methyl sites for hydroxylation is 3. The van der Waals surface area contributed by atoms with Crippen molar-refractivity contribution >= 4 is 34.8 Å². The molecule has 35 heavy (non-hydrogen) atoms. The van der Waals surface area contributed by atoms with Crippen LogP contribution in [-0.4, -0.2) is 81.7 Å². The summed E-state index contributed by atoms with van der Waals surface area (Å²) in [7, 11) is 1.80. The average Bonchev–Trinajstić information content (AvgIpc) is 3.49. The number of benzene rings is 1. The standard InChI is InChI=1S/C24H28N6O4S/c1-16-5-4-6-17(2)22(16)27-20(31)13-29-7-9-30(10-8-29)21(32)14-34-24(33)19-15-35-23(26-19)18-11-25-28(3)12-18/h4-6,11-12,15H,7-10,13-14H2,1-3H3,(H,27,31). The molecule has 2 aromatic heterocycles. The molecule has 1 saturated heterocycles. The van der Waals surface area contributed by atoms with Crippen molar-refractivity contribution in [3.05, 3.63) is 52.8 Å². The van der Waals surface area contributed by atoms with Gasteiger partial charge in [-0.15, -0.1) is 11.3 Å². The lowest BCUT2D eigenvalue weighted by Gasteiger charge is -2.34. The number of anilines is 1. The highest BCUT2D eigenvalue weighted by Crippen LogP contribution is 2.23. The monoisotopic (exact) mass is 496 g/mol. The van der Waals surface area contributed by atoms with Crippen molar-refractivity contribution < 1.29 is 19.1 Å². The number of hydrogen-bond donors (Lipinski definition) is 1. The summed E-state index contributed by atoms with van der Waals surface area (Å²) in [5.41, 5.74) is 3.87. The van der Waals surface area contributed by atoms with E-state index in [-0.39, 0.29) is 30.7 Å². The predicted molar refractivity (Wildman–Crippen MR) is 132 cm³/mol. The SMILES string of the molecule is Cc1cccc(C)c1NC(=O)CN1CCN(C(=O)COC(=O)c2csc(-c3cnn(C)c3)n2)CC1. The van der Waals surface area contributed by atoms with Crippen LogP contribution >= 0.6 is 11.3 Å². The van der Waals surface area contributed by atoms with E-state index in [0.29, 0.717) is 31.2 Å². The molecule has 1 aliphatic heterocycles. The Hall–Kier alpha value is -3.57. The van der Waals surface area contributed by atoms with E-state index < -0.39 is 5.97 Å². The van der Waals surface area contributed by atoms with Crippen LogP contribution in [0.15, 0.2) is 36.0 Å². The van der Waals surface area contributed by atoms with Crippen LogP contribution in [0.5, 0.6) is 0 Å². The maximum absolute atomic E-state index is 12.5. The Labute approximate surface area is 207 Å². The molecule has 0 spiro atoms. The quantitative estimate of drug-likeness (QED) is 0.499. The summed E-state index contributed by atoms with van der Waals surface area (Å²) in [5, 5.41) is 9.36. The van der Waals surface area contributed by atoms with E-state index in [1.54, 1.807) is 28.2 Å². The maximum Gasteiger partial charge on any atom is 0.358 e. The van der Waals surface area contributed by atoms with Gasteiger partial charge in [-0.3, -0.25) is 19.2 Å². The molecule has 184 valence electrons. The zero-order valence-electron chi connectivity index (χ0n) is 20.0. The summed E-state index contributed by atoms with van der Waals surface area (Å²) < 4.78 is 6.85. The Morgan fingerprint density at radius 3 is 2.49 bits per heavy atom. The molecule has 0 bridgehead atoms. The van der Waals surface area contributed by atoms with Crippen molar-refractivity contribution in [2.24, 2.45) is 7.05 Å². The van der Waals surface area contributed by atoms with E-state index >= 15 is 0 Å². The van der Waals surface area contributed by atoms with Crippen LogP contribution in [0.4, 0.5) is 5.69 Å². The molecule has 0 radical (unpaired) electrons. The van der Waals surface area contributed by atoms with Crippen molar-refractivity contribution in [3.63, 3.8) is 0 Å². The first-order valence-corrected chi connectivity index (χ1v) is 12.2. The maximum atomic E-state index is 12.5. The number of carbonyl (C=O) groups is 3. The molecule has 1 N–H and O–H groups in total. The van der Waals surface area contributed by atoms with E-state index in [0.717, 1.165) is 22.4 Å². The molecule has 10 nitrogen and oxygen atoms in total. The molecule has 1 aliphatic rings. The number of amides is 2. The number of nitrogens with zero attached hydrogens (tertiary/aromatic N) is 5. The van der Waals surface area contributed by atoms with Crippen LogP contribution in [0.1, 0.15) is 21.6 Å². The molecule has 0 unspecified atom stereocenters. The van der Waals surface area contributed by atoms with Gasteiger partial charge < -0.3 is 15.0 Å².